The summed E-state index contributed by atoms with van der Waals surface area (Å²) in [6, 6.07) is -1.07. The van der Waals surface area contributed by atoms with E-state index < -0.39 is 32.7 Å². The molecule has 0 spiro atoms. The van der Waals surface area contributed by atoms with Crippen molar-refractivity contribution >= 4 is 13.7 Å². The molecule has 0 aromatic carbocycles. The van der Waals surface area contributed by atoms with E-state index >= 15 is 0 Å². The van der Waals surface area contributed by atoms with E-state index in [1.807, 2.05) is 21.1 Å². The number of nitrogens with zero attached hydrogens (tertiary/aromatic N) is 1. The molecular weight excluding hydrogens is 952 g/mol. The normalized spacial score (nSPS) is 14.4. The third-order valence-corrected chi connectivity index (χ3v) is 15.9. The molecule has 444 valence electrons. The summed E-state index contributed by atoms with van der Waals surface area (Å²) in [7, 11) is 1.14. The van der Waals surface area contributed by atoms with Crippen LogP contribution in [-0.2, 0) is 18.4 Å². The van der Waals surface area contributed by atoms with E-state index in [2.05, 4.69) is 55.6 Å². The Balaban J connectivity index is 3.92. The number of unbranched alkanes of at least 4 members (excludes halogenated alkanes) is 40. The van der Waals surface area contributed by atoms with Gasteiger partial charge in [0, 0.05) is 6.42 Å². The maximum atomic E-state index is 13.0. The van der Waals surface area contributed by atoms with Gasteiger partial charge in [-0.15, -0.1) is 0 Å². The van der Waals surface area contributed by atoms with Crippen molar-refractivity contribution < 1.29 is 38.0 Å². The van der Waals surface area contributed by atoms with E-state index in [1.54, 1.807) is 0 Å². The lowest BCUT2D eigenvalue weighted by atomic mass is 9.99. The Bertz CT molecular complexity index is 1340. The number of quaternary nitrogens is 1. The van der Waals surface area contributed by atoms with Gasteiger partial charge in [0.15, 0.2) is 0 Å². The molecule has 0 saturated carbocycles. The minimum atomic E-state index is -4.67. The molecular formula is C65H127N2O7P. The van der Waals surface area contributed by atoms with E-state index in [-0.39, 0.29) is 18.9 Å². The van der Waals surface area contributed by atoms with Crippen molar-refractivity contribution in [1.29, 1.82) is 0 Å². The molecule has 0 saturated heterocycles. The maximum Gasteiger partial charge on any atom is 0.268 e. The summed E-state index contributed by atoms with van der Waals surface area (Å²) in [6.45, 7) is 4.46. The van der Waals surface area contributed by atoms with Crippen LogP contribution in [0.25, 0.3) is 0 Å². The Morgan fingerprint density at radius 2 is 0.800 bits per heavy atom. The van der Waals surface area contributed by atoms with E-state index in [1.165, 1.54) is 238 Å². The van der Waals surface area contributed by atoms with Crippen LogP contribution in [0.5, 0.6) is 0 Å². The number of likely N-dealkylation sites (N-methyl/N-ethyl adjacent to an activating group) is 1. The van der Waals surface area contributed by atoms with E-state index in [0.29, 0.717) is 17.4 Å². The topological polar surface area (TPSA) is 128 Å². The van der Waals surface area contributed by atoms with Gasteiger partial charge >= 0.3 is 0 Å². The Kier molecular flexibility index (Phi) is 55.0. The average molecular weight is 1080 g/mol. The monoisotopic (exact) mass is 1080 g/mol. The number of amides is 1. The number of aliphatic hydroxyl groups excluding tert-OH is 2. The summed E-state index contributed by atoms with van der Waals surface area (Å²) < 4.78 is 23.3. The molecule has 4 unspecified atom stereocenters. The molecule has 0 aromatic rings. The van der Waals surface area contributed by atoms with Crippen molar-refractivity contribution in [2.75, 3.05) is 40.9 Å². The van der Waals surface area contributed by atoms with Gasteiger partial charge in [0.1, 0.15) is 19.3 Å². The molecule has 0 aliphatic carbocycles. The number of allylic oxidation sites excluding steroid dienone is 6. The van der Waals surface area contributed by atoms with Crippen molar-refractivity contribution in [3.05, 3.63) is 36.5 Å². The van der Waals surface area contributed by atoms with Gasteiger partial charge in [-0.25, -0.2) is 0 Å². The number of phosphoric ester groups is 1. The smallest absolute Gasteiger partial charge is 0.268 e. The van der Waals surface area contributed by atoms with Gasteiger partial charge in [-0.2, -0.15) is 0 Å². The number of carbonyl (C=O) groups is 1. The molecule has 0 rings (SSSR count). The molecule has 0 bridgehead atoms. The van der Waals surface area contributed by atoms with Crippen molar-refractivity contribution in [3.63, 3.8) is 0 Å². The first-order valence-electron chi connectivity index (χ1n) is 32.4. The summed E-state index contributed by atoms with van der Waals surface area (Å²) >= 11 is 0. The van der Waals surface area contributed by atoms with Gasteiger partial charge in [-0.05, 0) is 51.4 Å². The van der Waals surface area contributed by atoms with Crippen molar-refractivity contribution in [3.8, 4) is 0 Å². The van der Waals surface area contributed by atoms with Crippen molar-refractivity contribution in [2.24, 2.45) is 0 Å². The summed E-state index contributed by atoms with van der Waals surface area (Å²) in [5.74, 6) is -0.273. The summed E-state index contributed by atoms with van der Waals surface area (Å²) in [6.07, 6.45) is 69.6. The summed E-state index contributed by atoms with van der Waals surface area (Å²) in [4.78, 5) is 25.6. The summed E-state index contributed by atoms with van der Waals surface area (Å²) in [5, 5.41) is 24.8. The minimum absolute atomic E-state index is 0.0385. The maximum absolute atomic E-state index is 13.0. The molecule has 10 heteroatoms. The van der Waals surface area contributed by atoms with Crippen molar-refractivity contribution in [2.45, 2.75) is 334 Å². The van der Waals surface area contributed by atoms with Crippen LogP contribution in [0, 0.1) is 0 Å². The van der Waals surface area contributed by atoms with E-state index in [4.69, 9.17) is 9.05 Å². The highest BCUT2D eigenvalue weighted by atomic mass is 31.2. The largest absolute Gasteiger partial charge is 0.756 e. The Morgan fingerprint density at radius 3 is 1.16 bits per heavy atom. The van der Waals surface area contributed by atoms with Crippen LogP contribution in [0.1, 0.15) is 316 Å². The van der Waals surface area contributed by atoms with Crippen LogP contribution in [0.4, 0.5) is 0 Å². The van der Waals surface area contributed by atoms with Gasteiger partial charge < -0.3 is 34.0 Å². The molecule has 75 heavy (non-hydrogen) atoms. The lowest BCUT2D eigenvalue weighted by molar-refractivity contribution is -0.870. The van der Waals surface area contributed by atoms with Crippen LogP contribution in [-0.4, -0.2) is 79.8 Å². The highest BCUT2D eigenvalue weighted by Crippen LogP contribution is 2.38. The molecule has 4 atom stereocenters. The van der Waals surface area contributed by atoms with Gasteiger partial charge in [-0.3, -0.25) is 9.36 Å². The fourth-order valence-corrected chi connectivity index (χ4v) is 10.6. The predicted octanol–water partition coefficient (Wildman–Crippen LogP) is 18.4. The number of aliphatic hydroxyl groups is 2. The van der Waals surface area contributed by atoms with Crippen LogP contribution >= 0.6 is 7.82 Å². The van der Waals surface area contributed by atoms with Gasteiger partial charge in [0.05, 0.1) is 39.9 Å². The number of nitrogens with one attached hydrogen (secondary N) is 1. The first-order chi connectivity index (χ1) is 36.4. The molecule has 0 aliphatic heterocycles. The van der Waals surface area contributed by atoms with Crippen LogP contribution < -0.4 is 10.2 Å². The van der Waals surface area contributed by atoms with Crippen LogP contribution in [0.15, 0.2) is 36.5 Å². The second-order valence-corrected chi connectivity index (χ2v) is 25.0. The Morgan fingerprint density at radius 1 is 0.480 bits per heavy atom. The van der Waals surface area contributed by atoms with Gasteiger partial charge in [0.2, 0.25) is 5.91 Å². The molecule has 1 amide bonds. The average Bonchev–Trinajstić information content (AvgIpc) is 3.37. The SMILES string of the molecule is CCCCCCC/C=C\C/C=C\C/C=C\CCCCCCCCCCCCCCCCCCCCCCCCCCC(=O)NC(COP(=O)([O-])OCC[N+](C)(C)C)C(O)C(O)CCCCCCCCCCCCCC. The number of carbonyl (C=O) groups excluding carboxylic acids is 1. The Hall–Kier alpha value is -1.32. The third kappa shape index (κ3) is 57.2. The number of rotatable bonds is 60. The zero-order chi connectivity index (χ0) is 55.0. The lowest BCUT2D eigenvalue weighted by Gasteiger charge is -2.31. The van der Waals surface area contributed by atoms with Crippen molar-refractivity contribution in [1.82, 2.24) is 5.32 Å². The lowest BCUT2D eigenvalue weighted by Crippen LogP contribution is -2.51. The zero-order valence-corrected chi connectivity index (χ0v) is 51.3. The van der Waals surface area contributed by atoms with E-state index in [0.717, 1.165) is 51.4 Å². The number of hydrogen-bond acceptors (Lipinski definition) is 7. The number of hydrogen-bond donors (Lipinski definition) is 3. The van der Waals surface area contributed by atoms with Gasteiger partial charge in [0.25, 0.3) is 7.82 Å². The molecule has 9 nitrogen and oxygen atoms in total. The second-order valence-electron chi connectivity index (χ2n) is 23.6. The molecule has 0 aliphatic rings. The third-order valence-electron chi connectivity index (χ3n) is 15.0. The highest BCUT2D eigenvalue weighted by Gasteiger charge is 2.29. The Labute approximate surface area is 466 Å². The summed E-state index contributed by atoms with van der Waals surface area (Å²) in [5.41, 5.74) is 0. The molecule has 0 aromatic heterocycles. The molecule has 3 N–H and O–H groups in total. The zero-order valence-electron chi connectivity index (χ0n) is 50.4. The second kappa shape index (κ2) is 56.0. The highest BCUT2D eigenvalue weighted by molar-refractivity contribution is 7.45. The molecule has 0 fully saturated rings. The van der Waals surface area contributed by atoms with E-state index in [9.17, 15) is 24.5 Å². The first-order valence-corrected chi connectivity index (χ1v) is 33.9. The fourth-order valence-electron chi connectivity index (χ4n) is 9.85. The van der Waals surface area contributed by atoms with Gasteiger partial charge in [-0.1, -0.05) is 294 Å². The van der Waals surface area contributed by atoms with Crippen LogP contribution in [0.2, 0.25) is 0 Å². The standard InChI is InChI=1S/C65H127N2O7P/c1-6-8-10-12-14-16-18-20-21-22-23-24-25-26-27-28-29-30-31-32-33-34-35-36-37-38-39-40-41-42-43-44-45-46-48-50-52-54-56-58-64(69)66-62(61-74-75(71,72)73-60-59-67(3,4)5)65(70)63(68)57-55-53-51-49-47-19-17-15-13-11-9-7-2/h18,20,22-23,25-26,62-63,65,68,70H,6-17,19,21,24,27-61H2,1-5H3,(H-,66,69,71,72)/b20-18-,23-22-,26-25-. The number of phosphoric acid groups is 1. The van der Waals surface area contributed by atoms with Crippen LogP contribution in [0.3, 0.4) is 0 Å². The minimum Gasteiger partial charge on any atom is -0.756 e. The quantitative estimate of drug-likeness (QED) is 0.0239. The molecule has 0 radical (unpaired) electrons. The first kappa shape index (κ1) is 73.7. The fraction of sp³-hybridized carbons (Fsp3) is 0.892. The predicted molar refractivity (Wildman–Crippen MR) is 322 cm³/mol. The molecule has 0 heterocycles.